The number of hydrogen-bond acceptors (Lipinski definition) is 8. The molecule has 1 saturated carbocycles. The van der Waals surface area contributed by atoms with Gasteiger partial charge in [-0.3, -0.25) is 23.9 Å². The van der Waals surface area contributed by atoms with Crippen LogP contribution in [-0.4, -0.2) is 69.3 Å². The summed E-state index contributed by atoms with van der Waals surface area (Å²) in [5, 5.41) is 17.3. The Kier molecular flexibility index (Phi) is 10.7. The molecule has 0 atom stereocenters. The van der Waals surface area contributed by atoms with Crippen molar-refractivity contribution in [2.75, 3.05) is 49.5 Å². The van der Waals surface area contributed by atoms with Crippen LogP contribution in [0.4, 0.5) is 21.6 Å². The van der Waals surface area contributed by atoms with E-state index in [-0.39, 0.29) is 23.5 Å². The summed E-state index contributed by atoms with van der Waals surface area (Å²) in [6.07, 6.45) is 10.4. The van der Waals surface area contributed by atoms with E-state index in [1.54, 1.807) is 50.6 Å². The van der Waals surface area contributed by atoms with Gasteiger partial charge in [-0.25, -0.2) is 9.37 Å². The Morgan fingerprint density at radius 1 is 0.981 bits per heavy atom. The number of benzene rings is 2. The van der Waals surface area contributed by atoms with Gasteiger partial charge in [0.1, 0.15) is 17.3 Å². The normalized spacial score (nSPS) is 14.8. The van der Waals surface area contributed by atoms with Gasteiger partial charge in [0, 0.05) is 70.2 Å². The summed E-state index contributed by atoms with van der Waals surface area (Å²) in [6, 6.07) is 16.0. The predicted molar refractivity (Wildman–Crippen MR) is 207 cm³/mol. The molecule has 12 heteroatoms. The second kappa shape index (κ2) is 15.7. The van der Waals surface area contributed by atoms with Gasteiger partial charge in [0.15, 0.2) is 0 Å². The molecule has 0 spiro atoms. The molecule has 5 aromatic rings. The number of fused-ring (bicyclic) bond motifs is 1. The number of aliphatic hydroxyl groups excluding tert-OH is 1. The zero-order chi connectivity index (χ0) is 37.1. The Hall–Kier alpha value is -5.33. The van der Waals surface area contributed by atoms with E-state index >= 15 is 4.39 Å². The van der Waals surface area contributed by atoms with Crippen molar-refractivity contribution in [3.63, 3.8) is 0 Å². The summed E-state index contributed by atoms with van der Waals surface area (Å²) < 4.78 is 18.2. The number of nitrogens with one attached hydrogen (secondary N) is 2. The molecule has 53 heavy (non-hydrogen) atoms. The van der Waals surface area contributed by atoms with Gasteiger partial charge in [0.05, 0.1) is 29.6 Å². The molecule has 4 heterocycles. The molecule has 11 nitrogen and oxygen atoms in total. The molecule has 276 valence electrons. The van der Waals surface area contributed by atoms with Crippen LogP contribution >= 0.6 is 0 Å². The first-order chi connectivity index (χ1) is 25.7. The van der Waals surface area contributed by atoms with Gasteiger partial charge in [0.2, 0.25) is 5.91 Å². The van der Waals surface area contributed by atoms with Gasteiger partial charge in [-0.15, -0.1) is 0 Å². The van der Waals surface area contributed by atoms with Crippen molar-refractivity contribution < 1.29 is 14.3 Å². The number of rotatable bonds is 13. The highest BCUT2D eigenvalue weighted by Gasteiger charge is 2.25. The lowest BCUT2D eigenvalue weighted by Gasteiger charge is -2.36. The van der Waals surface area contributed by atoms with Gasteiger partial charge in [-0.05, 0) is 91.1 Å². The Balaban J connectivity index is 1.06. The largest absolute Gasteiger partial charge is 0.392 e. The summed E-state index contributed by atoms with van der Waals surface area (Å²) in [4.78, 5) is 47.4. The van der Waals surface area contributed by atoms with E-state index < -0.39 is 11.4 Å². The summed E-state index contributed by atoms with van der Waals surface area (Å²) in [6.45, 7) is 6.69. The molecule has 0 radical (unpaired) electrons. The van der Waals surface area contributed by atoms with Crippen LogP contribution in [0, 0.1) is 5.82 Å². The maximum atomic E-state index is 15.3. The second-order valence-electron chi connectivity index (χ2n) is 14.2. The van der Waals surface area contributed by atoms with Crippen LogP contribution in [0.2, 0.25) is 0 Å². The molecular weight excluding hydrogens is 673 g/mol. The summed E-state index contributed by atoms with van der Waals surface area (Å²) in [5.74, 6) is 0.357. The Morgan fingerprint density at radius 2 is 1.79 bits per heavy atom. The number of amides is 1. The predicted octanol–water partition coefficient (Wildman–Crippen LogP) is 5.43. The zero-order valence-electron chi connectivity index (χ0n) is 30.3. The molecule has 1 amide bonds. The molecule has 7 rings (SSSR count). The van der Waals surface area contributed by atoms with Crippen LogP contribution in [0.3, 0.4) is 0 Å². The van der Waals surface area contributed by atoms with Crippen molar-refractivity contribution >= 4 is 33.9 Å². The molecule has 2 aromatic carbocycles. The molecule has 2 aliphatic rings. The molecule has 1 aliphatic heterocycles. The van der Waals surface area contributed by atoms with Crippen molar-refractivity contribution in [1.29, 1.82) is 0 Å². The lowest BCUT2D eigenvalue weighted by atomic mass is 9.98. The fourth-order valence-corrected chi connectivity index (χ4v) is 7.29. The average molecular weight is 720 g/mol. The highest BCUT2D eigenvalue weighted by Crippen LogP contribution is 2.41. The minimum absolute atomic E-state index is 0.0170. The molecule has 0 bridgehead atoms. The first kappa shape index (κ1) is 36.0. The SMILES string of the molecule is CC(=O)NCCCCCN1CCN(c2ccc(Nc3cc(-c4cccc(-n5ccc6cc(C7CC7)cc(F)c6c5=O)c4CO)cn(C)c3=O)nc2)CC1. The number of aromatic nitrogens is 3. The van der Waals surface area contributed by atoms with E-state index in [4.69, 9.17) is 0 Å². The molecule has 2 fully saturated rings. The van der Waals surface area contributed by atoms with E-state index in [1.807, 2.05) is 30.5 Å². The third-order valence-corrected chi connectivity index (χ3v) is 10.4. The standard InChI is InChI=1S/C41H46FN7O4/c1-27(51)43-14-4-3-5-15-47-17-19-48(20-18-47)32-11-12-38(44-24-32)45-36-23-31(25-46(2)40(36)52)33-7-6-8-37(34(33)26-50)49-16-13-29-21-30(28-9-10-28)22-35(42)39(29)41(49)53/h6-8,11-13,16,21-25,28,50H,3-5,9-10,14-15,17-20,26H2,1-2H3,(H,43,51)(H,44,45). The van der Waals surface area contributed by atoms with Gasteiger partial charge in [-0.2, -0.15) is 0 Å². The number of aryl methyl sites for hydroxylation is 1. The summed E-state index contributed by atoms with van der Waals surface area (Å²) in [7, 11) is 1.66. The molecule has 3 aromatic heterocycles. The monoisotopic (exact) mass is 719 g/mol. The highest BCUT2D eigenvalue weighted by atomic mass is 19.1. The lowest BCUT2D eigenvalue weighted by Crippen LogP contribution is -2.46. The number of nitrogens with zero attached hydrogens (tertiary/aromatic N) is 5. The van der Waals surface area contributed by atoms with Gasteiger partial charge < -0.3 is 25.2 Å². The van der Waals surface area contributed by atoms with Gasteiger partial charge >= 0.3 is 0 Å². The minimum atomic E-state index is -0.539. The number of anilines is 3. The van der Waals surface area contributed by atoms with Crippen LogP contribution in [0.1, 0.15) is 56.1 Å². The summed E-state index contributed by atoms with van der Waals surface area (Å²) in [5.41, 5.74) is 3.68. The van der Waals surface area contributed by atoms with Crippen LogP contribution in [-0.2, 0) is 18.4 Å². The van der Waals surface area contributed by atoms with E-state index in [9.17, 15) is 19.5 Å². The first-order valence-electron chi connectivity index (χ1n) is 18.4. The molecule has 0 unspecified atom stereocenters. The molecule has 1 aliphatic carbocycles. The van der Waals surface area contributed by atoms with Crippen LogP contribution < -0.4 is 26.7 Å². The quantitative estimate of drug-likeness (QED) is 0.138. The highest BCUT2D eigenvalue weighted by molar-refractivity contribution is 5.84. The number of unbranched alkanes of at least 4 members (excludes halogenated alkanes) is 2. The second-order valence-corrected chi connectivity index (χ2v) is 14.2. The van der Waals surface area contributed by atoms with Crippen LogP contribution in [0.25, 0.3) is 27.6 Å². The van der Waals surface area contributed by atoms with Gasteiger partial charge in [-0.1, -0.05) is 24.6 Å². The van der Waals surface area contributed by atoms with Crippen LogP contribution in [0.15, 0.2) is 82.8 Å². The van der Waals surface area contributed by atoms with E-state index in [2.05, 4.69) is 25.4 Å². The Bertz CT molecular complexity index is 2240. The minimum Gasteiger partial charge on any atom is -0.392 e. The summed E-state index contributed by atoms with van der Waals surface area (Å²) >= 11 is 0. The Morgan fingerprint density at radius 3 is 2.51 bits per heavy atom. The molecule has 1 saturated heterocycles. The Labute approximate surface area is 307 Å². The van der Waals surface area contributed by atoms with Crippen molar-refractivity contribution in [3.8, 4) is 16.8 Å². The van der Waals surface area contributed by atoms with Crippen LogP contribution in [0.5, 0.6) is 0 Å². The van der Waals surface area contributed by atoms with Crippen molar-refractivity contribution in [2.24, 2.45) is 7.05 Å². The number of pyridine rings is 3. The third kappa shape index (κ3) is 8.03. The molecular formula is C41H46FN7O4. The number of piperazine rings is 1. The van der Waals surface area contributed by atoms with E-state index in [0.717, 1.165) is 82.6 Å². The van der Waals surface area contributed by atoms with Crippen molar-refractivity contribution in [1.82, 2.24) is 24.3 Å². The topological polar surface area (TPSA) is 125 Å². The fraction of sp³-hybridized carbons (Fsp3) is 0.366. The maximum Gasteiger partial charge on any atom is 0.274 e. The first-order valence-corrected chi connectivity index (χ1v) is 18.4. The number of halogens is 1. The third-order valence-electron chi connectivity index (χ3n) is 10.4. The molecule has 3 N–H and O–H groups in total. The number of carbonyl (C=O) groups is 1. The number of hydrogen-bond donors (Lipinski definition) is 3. The van der Waals surface area contributed by atoms with E-state index in [1.165, 1.54) is 15.2 Å². The average Bonchev–Trinajstić information content (AvgIpc) is 4.01. The van der Waals surface area contributed by atoms with Crippen molar-refractivity contribution in [2.45, 2.75) is 51.6 Å². The smallest absolute Gasteiger partial charge is 0.274 e. The van der Waals surface area contributed by atoms with E-state index in [0.29, 0.717) is 45.2 Å². The zero-order valence-corrected chi connectivity index (χ0v) is 30.3. The maximum absolute atomic E-state index is 15.3. The van der Waals surface area contributed by atoms with Gasteiger partial charge in [0.25, 0.3) is 11.1 Å². The fourth-order valence-electron chi connectivity index (χ4n) is 7.29. The lowest BCUT2D eigenvalue weighted by molar-refractivity contribution is -0.118. The number of carbonyl (C=O) groups excluding carboxylic acids is 1. The van der Waals surface area contributed by atoms with Crippen molar-refractivity contribution in [3.05, 3.63) is 111 Å². The number of aliphatic hydroxyl groups is 1.